The second-order valence-electron chi connectivity index (χ2n) is 10.3. The first-order chi connectivity index (χ1) is 14.6. The van der Waals surface area contributed by atoms with Crippen LogP contribution in [0, 0.1) is 29.1 Å². The summed E-state index contributed by atoms with van der Waals surface area (Å²) in [7, 11) is 0. The highest BCUT2D eigenvalue weighted by Gasteiger charge is 2.43. The van der Waals surface area contributed by atoms with Gasteiger partial charge in [-0.15, -0.1) is 0 Å². The number of ether oxygens (including phenoxy) is 2. The van der Waals surface area contributed by atoms with Gasteiger partial charge in [0.25, 0.3) is 0 Å². The van der Waals surface area contributed by atoms with E-state index in [0.29, 0.717) is 25.3 Å². The molecule has 3 rings (SSSR count). The number of hydrogen-bond acceptors (Lipinski definition) is 6. The Labute approximate surface area is 186 Å². The van der Waals surface area contributed by atoms with Crippen LogP contribution in [0.1, 0.15) is 66.2 Å². The number of carbonyl (C=O) groups is 2. The summed E-state index contributed by atoms with van der Waals surface area (Å²) in [5, 5.41) is 9.93. The molecule has 0 aromatic carbocycles. The first-order valence-electron chi connectivity index (χ1n) is 11.8. The first kappa shape index (κ1) is 24.0. The SMILES string of the molecule is CCC(C)(C)C(=O)O[C@H]1C[C@H](CN)C=C2C=C[C@H](C)[C@H](CC[C@@H]3C[C@@H](O)CC(=O)O3)[C@H]21. The van der Waals surface area contributed by atoms with Gasteiger partial charge in [-0.3, -0.25) is 9.59 Å². The molecular formula is C25H39NO5. The van der Waals surface area contributed by atoms with Crippen LogP contribution in [0.4, 0.5) is 0 Å². The zero-order valence-corrected chi connectivity index (χ0v) is 19.4. The van der Waals surface area contributed by atoms with E-state index in [1.165, 1.54) is 5.57 Å². The van der Waals surface area contributed by atoms with Crippen LogP contribution < -0.4 is 5.73 Å². The van der Waals surface area contributed by atoms with Crippen LogP contribution in [0.2, 0.25) is 0 Å². The van der Waals surface area contributed by atoms with E-state index in [1.807, 2.05) is 20.8 Å². The normalized spacial score (nSPS) is 35.7. The molecule has 3 aliphatic rings. The average Bonchev–Trinajstić information content (AvgIpc) is 2.72. The number of carbonyl (C=O) groups excluding carboxylic acids is 2. The van der Waals surface area contributed by atoms with Gasteiger partial charge < -0.3 is 20.3 Å². The van der Waals surface area contributed by atoms with Crippen LogP contribution in [-0.2, 0) is 19.1 Å². The quantitative estimate of drug-likeness (QED) is 0.596. The van der Waals surface area contributed by atoms with E-state index in [9.17, 15) is 14.7 Å². The molecule has 1 aliphatic heterocycles. The Hall–Kier alpha value is -1.66. The highest BCUT2D eigenvalue weighted by molar-refractivity contribution is 5.76. The lowest BCUT2D eigenvalue weighted by Gasteiger charge is -2.44. The lowest BCUT2D eigenvalue weighted by Crippen LogP contribution is -2.44. The molecule has 1 fully saturated rings. The fraction of sp³-hybridized carbons (Fsp3) is 0.760. The molecule has 0 aromatic heterocycles. The van der Waals surface area contributed by atoms with E-state index in [-0.39, 0.29) is 48.3 Å². The molecule has 0 radical (unpaired) electrons. The van der Waals surface area contributed by atoms with Crippen molar-refractivity contribution >= 4 is 11.9 Å². The van der Waals surface area contributed by atoms with Crippen LogP contribution in [0.25, 0.3) is 0 Å². The molecule has 3 N–H and O–H groups in total. The Bertz CT molecular complexity index is 727. The minimum Gasteiger partial charge on any atom is -0.462 e. The van der Waals surface area contributed by atoms with Gasteiger partial charge in [-0.25, -0.2) is 0 Å². The standard InChI is InChI=1S/C25H39NO5/c1-5-25(3,4)24(29)31-21-11-16(14-26)10-17-7-6-15(2)20(23(17)21)9-8-19-12-18(27)13-22(28)30-19/h6-7,10,15-16,18-21,23,27H,5,8-9,11-14,26H2,1-4H3/t15-,16+,18+,19+,20-,21-,23-/m0/s1. The molecule has 0 aromatic rings. The Morgan fingerprint density at radius 1 is 1.32 bits per heavy atom. The third-order valence-electron chi connectivity index (χ3n) is 7.53. The van der Waals surface area contributed by atoms with Crippen molar-refractivity contribution < 1.29 is 24.2 Å². The van der Waals surface area contributed by atoms with Crippen LogP contribution in [0.15, 0.2) is 23.8 Å². The number of esters is 2. The lowest BCUT2D eigenvalue weighted by atomic mass is 9.65. The molecule has 174 valence electrons. The van der Waals surface area contributed by atoms with Gasteiger partial charge in [0.1, 0.15) is 12.2 Å². The maximum Gasteiger partial charge on any atom is 0.311 e. The van der Waals surface area contributed by atoms with Crippen LogP contribution in [0.5, 0.6) is 0 Å². The molecule has 7 atom stereocenters. The van der Waals surface area contributed by atoms with E-state index in [4.69, 9.17) is 15.2 Å². The van der Waals surface area contributed by atoms with E-state index >= 15 is 0 Å². The van der Waals surface area contributed by atoms with E-state index in [2.05, 4.69) is 25.2 Å². The molecule has 0 saturated carbocycles. The minimum atomic E-state index is -0.615. The maximum absolute atomic E-state index is 12.9. The topological polar surface area (TPSA) is 98.9 Å². The van der Waals surface area contributed by atoms with Gasteiger partial charge >= 0.3 is 11.9 Å². The molecule has 6 heteroatoms. The number of hydrogen-bond donors (Lipinski definition) is 2. The summed E-state index contributed by atoms with van der Waals surface area (Å²) in [4.78, 5) is 24.6. The fourth-order valence-electron chi connectivity index (χ4n) is 5.12. The Balaban J connectivity index is 1.79. The third-order valence-corrected chi connectivity index (χ3v) is 7.53. The molecule has 31 heavy (non-hydrogen) atoms. The predicted octanol–water partition coefficient (Wildman–Crippen LogP) is 3.52. The largest absolute Gasteiger partial charge is 0.462 e. The molecule has 1 heterocycles. The summed E-state index contributed by atoms with van der Waals surface area (Å²) in [5.41, 5.74) is 6.68. The first-order valence-corrected chi connectivity index (χ1v) is 11.8. The molecule has 0 spiro atoms. The second-order valence-corrected chi connectivity index (χ2v) is 10.3. The van der Waals surface area contributed by atoms with Gasteiger partial charge in [0.2, 0.25) is 0 Å². The van der Waals surface area contributed by atoms with Crippen molar-refractivity contribution in [2.24, 2.45) is 34.8 Å². The van der Waals surface area contributed by atoms with E-state index in [0.717, 1.165) is 19.3 Å². The summed E-state index contributed by atoms with van der Waals surface area (Å²) in [6, 6.07) is 0. The van der Waals surface area contributed by atoms with Gasteiger partial charge in [0, 0.05) is 12.3 Å². The van der Waals surface area contributed by atoms with E-state index in [1.54, 1.807) is 0 Å². The summed E-state index contributed by atoms with van der Waals surface area (Å²) < 4.78 is 11.6. The average molecular weight is 434 g/mol. The number of cyclic esters (lactones) is 1. The number of aliphatic hydroxyl groups is 1. The Kier molecular flexibility index (Phi) is 7.63. The fourth-order valence-corrected chi connectivity index (χ4v) is 5.12. The summed E-state index contributed by atoms with van der Waals surface area (Å²) in [6.07, 6.45) is 9.17. The van der Waals surface area contributed by atoms with Crippen molar-refractivity contribution in [2.75, 3.05) is 6.54 Å². The van der Waals surface area contributed by atoms with Gasteiger partial charge in [-0.2, -0.15) is 0 Å². The molecule has 0 amide bonds. The molecule has 1 saturated heterocycles. The highest BCUT2D eigenvalue weighted by atomic mass is 16.6. The Morgan fingerprint density at radius 3 is 2.71 bits per heavy atom. The Morgan fingerprint density at radius 2 is 2.06 bits per heavy atom. The van der Waals surface area contributed by atoms with Crippen LogP contribution >= 0.6 is 0 Å². The van der Waals surface area contributed by atoms with Crippen molar-refractivity contribution in [3.63, 3.8) is 0 Å². The molecule has 0 unspecified atom stereocenters. The van der Waals surface area contributed by atoms with Crippen molar-refractivity contribution in [3.05, 3.63) is 23.8 Å². The molecule has 2 aliphatic carbocycles. The molecule has 0 bridgehead atoms. The zero-order chi connectivity index (χ0) is 22.8. The minimum absolute atomic E-state index is 0.0836. The predicted molar refractivity (Wildman–Crippen MR) is 119 cm³/mol. The number of aliphatic hydroxyl groups excluding tert-OH is 1. The third kappa shape index (κ3) is 5.58. The van der Waals surface area contributed by atoms with Crippen molar-refractivity contribution in [2.45, 2.75) is 84.5 Å². The zero-order valence-electron chi connectivity index (χ0n) is 19.4. The van der Waals surface area contributed by atoms with Gasteiger partial charge in [-0.1, -0.05) is 32.1 Å². The van der Waals surface area contributed by atoms with Gasteiger partial charge in [-0.05, 0) is 69.4 Å². The van der Waals surface area contributed by atoms with Crippen LogP contribution in [0.3, 0.4) is 0 Å². The maximum atomic E-state index is 12.9. The number of fused-ring (bicyclic) bond motifs is 1. The molecule has 6 nitrogen and oxygen atoms in total. The summed E-state index contributed by atoms with van der Waals surface area (Å²) >= 11 is 0. The highest BCUT2D eigenvalue weighted by Crippen LogP contribution is 2.45. The monoisotopic (exact) mass is 433 g/mol. The summed E-state index contributed by atoms with van der Waals surface area (Å²) in [5.74, 6) is 0.433. The van der Waals surface area contributed by atoms with Crippen molar-refractivity contribution in [1.82, 2.24) is 0 Å². The smallest absolute Gasteiger partial charge is 0.311 e. The van der Waals surface area contributed by atoms with Gasteiger partial charge in [0.15, 0.2) is 0 Å². The molecular weight excluding hydrogens is 394 g/mol. The van der Waals surface area contributed by atoms with Crippen molar-refractivity contribution in [3.8, 4) is 0 Å². The number of rotatable bonds is 7. The van der Waals surface area contributed by atoms with E-state index < -0.39 is 11.5 Å². The summed E-state index contributed by atoms with van der Waals surface area (Å²) in [6.45, 7) is 8.59. The lowest BCUT2D eigenvalue weighted by molar-refractivity contribution is -0.166. The number of nitrogens with two attached hydrogens (primary N) is 1. The van der Waals surface area contributed by atoms with Gasteiger partial charge in [0.05, 0.1) is 17.9 Å². The number of allylic oxidation sites excluding steroid dienone is 2. The van der Waals surface area contributed by atoms with Crippen molar-refractivity contribution in [1.29, 1.82) is 0 Å². The second kappa shape index (κ2) is 9.86. The van der Waals surface area contributed by atoms with Crippen LogP contribution in [-0.4, -0.2) is 41.9 Å².